The third-order valence-corrected chi connectivity index (χ3v) is 6.20. The Morgan fingerprint density at radius 3 is 2.56 bits per heavy atom. The first-order valence-electron chi connectivity index (χ1n) is 9.66. The Morgan fingerprint density at radius 1 is 1.15 bits per heavy atom. The summed E-state index contributed by atoms with van der Waals surface area (Å²) in [6.45, 7) is 8.49. The number of pyridine rings is 1. The van der Waals surface area contributed by atoms with E-state index in [2.05, 4.69) is 69.8 Å². The minimum atomic E-state index is -0.0752. The van der Waals surface area contributed by atoms with E-state index in [9.17, 15) is 0 Å². The van der Waals surface area contributed by atoms with Crippen LogP contribution in [-0.2, 0) is 12.0 Å². The highest BCUT2D eigenvalue weighted by Crippen LogP contribution is 2.53. The average Bonchev–Trinajstić information content (AvgIpc) is 2.62. The maximum absolute atomic E-state index is 6.03. The van der Waals surface area contributed by atoms with Crippen molar-refractivity contribution in [2.24, 2.45) is 11.8 Å². The van der Waals surface area contributed by atoms with Crippen molar-refractivity contribution < 1.29 is 4.74 Å². The fourth-order valence-electron chi connectivity index (χ4n) is 4.99. The first kappa shape index (κ1) is 18.0. The number of ether oxygens (including phenoxy) is 1. The number of aryl methyl sites for hydroxylation is 1. The Bertz CT molecular complexity index is 897. The molecule has 3 atom stereocenters. The predicted molar refractivity (Wildman–Crippen MR) is 110 cm³/mol. The molecular formula is C24H28N2O. The molecule has 4 rings (SSSR count). The second-order valence-corrected chi connectivity index (χ2v) is 8.20. The Labute approximate surface area is 162 Å². The zero-order valence-electron chi connectivity index (χ0n) is 16.7. The lowest BCUT2D eigenvalue weighted by Crippen LogP contribution is -2.54. The number of benzene rings is 1. The van der Waals surface area contributed by atoms with Gasteiger partial charge in [-0.15, -0.1) is 6.58 Å². The number of nitrogens with zero attached hydrogens (tertiary/aromatic N) is 2. The number of aromatic nitrogens is 1. The van der Waals surface area contributed by atoms with E-state index in [1.54, 1.807) is 0 Å². The van der Waals surface area contributed by atoms with Crippen molar-refractivity contribution in [3.63, 3.8) is 0 Å². The van der Waals surface area contributed by atoms with Gasteiger partial charge in [0.15, 0.2) is 0 Å². The largest absolute Gasteiger partial charge is 0.439 e. The molecule has 1 aromatic heterocycles. The predicted octanol–water partition coefficient (Wildman–Crippen LogP) is 5.26. The van der Waals surface area contributed by atoms with Gasteiger partial charge in [-0.25, -0.2) is 4.98 Å². The number of fused-ring (bicyclic) bond motifs is 4. The number of allylic oxidation sites excluding steroid dienone is 1. The highest BCUT2D eigenvalue weighted by atomic mass is 16.5. The van der Waals surface area contributed by atoms with Crippen molar-refractivity contribution in [3.8, 4) is 11.6 Å². The van der Waals surface area contributed by atoms with Crippen LogP contribution < -0.4 is 4.74 Å². The molecule has 0 saturated heterocycles. The van der Waals surface area contributed by atoms with Gasteiger partial charge >= 0.3 is 0 Å². The highest BCUT2D eigenvalue weighted by molar-refractivity contribution is 5.43. The fourth-order valence-corrected chi connectivity index (χ4v) is 4.99. The standard InChI is InChI=1S/C24H28N2O/c1-6-20-18-13-17(3)15-24(20,26(4)5)21-11-12-23(25-22(21)14-18)27-19-9-7-16(2)8-10-19/h6-13,18,20H,1,14-15H2,2-5H3/t18-,20+,24+/m0/s1. The summed E-state index contributed by atoms with van der Waals surface area (Å²) in [4.78, 5) is 7.29. The maximum Gasteiger partial charge on any atom is 0.219 e. The van der Waals surface area contributed by atoms with Crippen LogP contribution in [0.2, 0.25) is 0 Å². The monoisotopic (exact) mass is 360 g/mol. The summed E-state index contributed by atoms with van der Waals surface area (Å²) >= 11 is 0. The van der Waals surface area contributed by atoms with Crippen molar-refractivity contribution in [1.82, 2.24) is 9.88 Å². The molecule has 3 heteroatoms. The molecule has 0 fully saturated rings. The summed E-state index contributed by atoms with van der Waals surface area (Å²) in [5.74, 6) is 2.33. The lowest BCUT2D eigenvalue weighted by molar-refractivity contribution is 0.0537. The van der Waals surface area contributed by atoms with Crippen LogP contribution in [0.15, 0.2) is 60.7 Å². The van der Waals surface area contributed by atoms with Crippen molar-refractivity contribution in [2.45, 2.75) is 32.2 Å². The Morgan fingerprint density at radius 2 is 1.89 bits per heavy atom. The molecule has 0 radical (unpaired) electrons. The summed E-state index contributed by atoms with van der Waals surface area (Å²) in [5, 5.41) is 0. The molecule has 0 N–H and O–H groups in total. The summed E-state index contributed by atoms with van der Waals surface area (Å²) in [5.41, 5.74) is 5.07. The third kappa shape index (κ3) is 2.90. The zero-order chi connectivity index (χ0) is 19.2. The maximum atomic E-state index is 6.03. The van der Waals surface area contributed by atoms with Crippen LogP contribution in [0.1, 0.15) is 30.2 Å². The van der Waals surface area contributed by atoms with Gasteiger partial charge in [0.05, 0.1) is 11.2 Å². The molecule has 0 amide bonds. The van der Waals surface area contributed by atoms with Crippen LogP contribution in [-0.4, -0.2) is 24.0 Å². The molecular weight excluding hydrogens is 332 g/mol. The van der Waals surface area contributed by atoms with E-state index in [1.807, 2.05) is 18.2 Å². The van der Waals surface area contributed by atoms with Crippen LogP contribution in [0, 0.1) is 18.8 Å². The molecule has 2 aliphatic rings. The molecule has 2 bridgehead atoms. The van der Waals surface area contributed by atoms with Gasteiger partial charge in [-0.2, -0.15) is 0 Å². The number of hydrogen-bond acceptors (Lipinski definition) is 3. The lowest BCUT2D eigenvalue weighted by Gasteiger charge is -2.54. The van der Waals surface area contributed by atoms with Crippen LogP contribution in [0.5, 0.6) is 11.6 Å². The number of hydrogen-bond donors (Lipinski definition) is 0. The molecule has 3 nitrogen and oxygen atoms in total. The Balaban J connectivity index is 1.76. The van der Waals surface area contributed by atoms with Gasteiger partial charge in [0.25, 0.3) is 0 Å². The van der Waals surface area contributed by atoms with Crippen LogP contribution in [0.25, 0.3) is 0 Å². The van der Waals surface area contributed by atoms with E-state index < -0.39 is 0 Å². The van der Waals surface area contributed by atoms with Gasteiger partial charge < -0.3 is 4.74 Å². The van der Waals surface area contributed by atoms with E-state index in [1.165, 1.54) is 16.7 Å². The zero-order valence-corrected chi connectivity index (χ0v) is 16.7. The Hall–Kier alpha value is -2.39. The van der Waals surface area contributed by atoms with Crippen LogP contribution in [0.4, 0.5) is 0 Å². The fraction of sp³-hybridized carbons (Fsp3) is 0.375. The first-order chi connectivity index (χ1) is 12.9. The minimum Gasteiger partial charge on any atom is -0.439 e. The van der Waals surface area contributed by atoms with Gasteiger partial charge in [-0.05, 0) is 70.5 Å². The SMILES string of the molecule is C=C[C@@H]1[C@H]2C=C(C)C[C@]1(N(C)C)c1ccc(Oc3ccc(C)cc3)nc1C2. The molecule has 0 unspecified atom stereocenters. The van der Waals surface area contributed by atoms with Crippen LogP contribution >= 0.6 is 0 Å². The van der Waals surface area contributed by atoms with Crippen molar-refractivity contribution >= 4 is 0 Å². The van der Waals surface area contributed by atoms with E-state index >= 15 is 0 Å². The molecule has 1 heterocycles. The molecule has 1 aromatic carbocycles. The topological polar surface area (TPSA) is 25.4 Å². The summed E-state index contributed by atoms with van der Waals surface area (Å²) in [6, 6.07) is 12.3. The van der Waals surface area contributed by atoms with Gasteiger partial charge in [0.1, 0.15) is 5.75 Å². The second-order valence-electron chi connectivity index (χ2n) is 8.20. The quantitative estimate of drug-likeness (QED) is 0.695. The summed E-state index contributed by atoms with van der Waals surface area (Å²) in [7, 11) is 4.36. The van der Waals surface area contributed by atoms with E-state index in [-0.39, 0.29) is 5.54 Å². The van der Waals surface area contributed by atoms with E-state index in [4.69, 9.17) is 9.72 Å². The van der Waals surface area contributed by atoms with Gasteiger partial charge in [-0.1, -0.05) is 35.4 Å². The van der Waals surface area contributed by atoms with Crippen molar-refractivity contribution in [2.75, 3.05) is 14.1 Å². The molecule has 0 saturated carbocycles. The smallest absolute Gasteiger partial charge is 0.219 e. The summed E-state index contributed by atoms with van der Waals surface area (Å²) in [6.07, 6.45) is 6.52. The second kappa shape index (κ2) is 6.65. The third-order valence-electron chi connectivity index (χ3n) is 6.20. The molecule has 0 spiro atoms. The molecule has 0 aliphatic heterocycles. The van der Waals surface area contributed by atoms with E-state index in [0.717, 1.165) is 24.3 Å². The normalized spacial score (nSPS) is 26.3. The Kier molecular flexibility index (Phi) is 4.43. The molecule has 2 aromatic rings. The lowest BCUT2D eigenvalue weighted by atomic mass is 9.59. The number of rotatable bonds is 4. The minimum absolute atomic E-state index is 0.0752. The van der Waals surface area contributed by atoms with Crippen molar-refractivity contribution in [3.05, 3.63) is 77.5 Å². The summed E-state index contributed by atoms with van der Waals surface area (Å²) < 4.78 is 6.03. The van der Waals surface area contributed by atoms with E-state index in [0.29, 0.717) is 17.7 Å². The highest BCUT2D eigenvalue weighted by Gasteiger charge is 2.51. The van der Waals surface area contributed by atoms with Gasteiger partial charge in [-0.3, -0.25) is 4.90 Å². The first-order valence-corrected chi connectivity index (χ1v) is 9.66. The van der Waals surface area contributed by atoms with Crippen LogP contribution in [0.3, 0.4) is 0 Å². The van der Waals surface area contributed by atoms with Gasteiger partial charge in [0.2, 0.25) is 5.88 Å². The molecule has 27 heavy (non-hydrogen) atoms. The van der Waals surface area contributed by atoms with Crippen molar-refractivity contribution in [1.29, 1.82) is 0 Å². The molecule has 2 aliphatic carbocycles. The average molecular weight is 361 g/mol. The van der Waals surface area contributed by atoms with Gasteiger partial charge in [0, 0.05) is 12.0 Å². The molecule has 140 valence electrons.